The first-order valence-electron chi connectivity index (χ1n) is 4.35. The van der Waals surface area contributed by atoms with Gasteiger partial charge in [-0.15, -0.1) is 0 Å². The van der Waals surface area contributed by atoms with Gasteiger partial charge in [-0.25, -0.2) is 0 Å². The Hall–Kier alpha value is -1.31. The van der Waals surface area contributed by atoms with Gasteiger partial charge in [0, 0.05) is 23.5 Å². The largest absolute Gasteiger partial charge is 0.496 e. The van der Waals surface area contributed by atoms with E-state index in [0.717, 1.165) is 16.9 Å². The maximum atomic E-state index is 5.32. The molecule has 2 heteroatoms. The van der Waals surface area contributed by atoms with Crippen LogP contribution in [0.4, 0.5) is 0 Å². The van der Waals surface area contributed by atoms with Gasteiger partial charge in [0.1, 0.15) is 5.75 Å². The first kappa shape index (κ1) is 9.78. The SMILES string of the molecule is C=Cc1cncc(C(C)C)c1OC. The molecule has 70 valence electrons. The molecular weight excluding hydrogens is 162 g/mol. The number of aromatic nitrogens is 1. The summed E-state index contributed by atoms with van der Waals surface area (Å²) in [5.41, 5.74) is 2.08. The summed E-state index contributed by atoms with van der Waals surface area (Å²) >= 11 is 0. The van der Waals surface area contributed by atoms with Crippen LogP contribution in [0, 0.1) is 0 Å². The molecule has 0 N–H and O–H groups in total. The second kappa shape index (κ2) is 4.08. The standard InChI is InChI=1S/C11H15NO/c1-5-9-6-12-7-10(8(2)3)11(9)13-4/h5-8H,1H2,2-4H3. The van der Waals surface area contributed by atoms with E-state index < -0.39 is 0 Å². The fourth-order valence-electron chi connectivity index (χ4n) is 1.27. The van der Waals surface area contributed by atoms with Gasteiger partial charge >= 0.3 is 0 Å². The molecule has 1 aromatic heterocycles. The van der Waals surface area contributed by atoms with Gasteiger partial charge in [0.15, 0.2) is 0 Å². The highest BCUT2D eigenvalue weighted by Crippen LogP contribution is 2.29. The Labute approximate surface area is 79.3 Å². The van der Waals surface area contributed by atoms with Gasteiger partial charge < -0.3 is 4.74 Å². The van der Waals surface area contributed by atoms with Crippen molar-refractivity contribution < 1.29 is 4.74 Å². The van der Waals surface area contributed by atoms with Crippen LogP contribution in [0.25, 0.3) is 6.08 Å². The average molecular weight is 177 g/mol. The van der Waals surface area contributed by atoms with E-state index in [4.69, 9.17) is 4.74 Å². The minimum Gasteiger partial charge on any atom is -0.496 e. The van der Waals surface area contributed by atoms with Crippen LogP contribution in [0.2, 0.25) is 0 Å². The van der Waals surface area contributed by atoms with E-state index >= 15 is 0 Å². The molecule has 2 nitrogen and oxygen atoms in total. The molecular formula is C11H15NO. The summed E-state index contributed by atoms with van der Waals surface area (Å²) in [6.07, 6.45) is 5.37. The number of hydrogen-bond acceptors (Lipinski definition) is 2. The third kappa shape index (κ3) is 1.89. The number of methoxy groups -OCH3 is 1. The minimum absolute atomic E-state index is 0.419. The van der Waals surface area contributed by atoms with Gasteiger partial charge in [-0.05, 0) is 5.92 Å². The lowest BCUT2D eigenvalue weighted by Gasteiger charge is -2.12. The second-order valence-corrected chi connectivity index (χ2v) is 3.21. The Balaban J connectivity index is 3.26. The third-order valence-electron chi connectivity index (χ3n) is 2.00. The van der Waals surface area contributed by atoms with E-state index in [0.29, 0.717) is 5.92 Å². The van der Waals surface area contributed by atoms with E-state index in [-0.39, 0.29) is 0 Å². The molecule has 0 amide bonds. The fourth-order valence-corrected chi connectivity index (χ4v) is 1.27. The van der Waals surface area contributed by atoms with Gasteiger partial charge in [-0.2, -0.15) is 0 Å². The lowest BCUT2D eigenvalue weighted by molar-refractivity contribution is 0.406. The highest BCUT2D eigenvalue weighted by atomic mass is 16.5. The molecule has 1 heterocycles. The maximum absolute atomic E-state index is 5.32. The molecule has 0 spiro atoms. The monoisotopic (exact) mass is 177 g/mol. The van der Waals surface area contributed by atoms with Crippen LogP contribution in [0.15, 0.2) is 19.0 Å². The quantitative estimate of drug-likeness (QED) is 0.708. The highest BCUT2D eigenvalue weighted by Gasteiger charge is 2.09. The molecule has 0 bridgehead atoms. The van der Waals surface area contributed by atoms with Crippen molar-refractivity contribution in [3.05, 3.63) is 30.1 Å². The summed E-state index contributed by atoms with van der Waals surface area (Å²) in [6.45, 7) is 7.95. The third-order valence-corrected chi connectivity index (χ3v) is 2.00. The van der Waals surface area contributed by atoms with Crippen molar-refractivity contribution >= 4 is 6.08 Å². The van der Waals surface area contributed by atoms with Crippen LogP contribution in [0.1, 0.15) is 30.9 Å². The summed E-state index contributed by atoms with van der Waals surface area (Å²) in [4.78, 5) is 4.13. The van der Waals surface area contributed by atoms with E-state index in [2.05, 4.69) is 25.4 Å². The lowest BCUT2D eigenvalue weighted by Crippen LogP contribution is -1.97. The zero-order valence-electron chi connectivity index (χ0n) is 8.37. The van der Waals surface area contributed by atoms with Crippen LogP contribution in [0.5, 0.6) is 5.75 Å². The summed E-state index contributed by atoms with van der Waals surface area (Å²) in [5, 5.41) is 0. The van der Waals surface area contributed by atoms with Crippen molar-refractivity contribution in [2.45, 2.75) is 19.8 Å². The molecule has 0 saturated carbocycles. The summed E-state index contributed by atoms with van der Waals surface area (Å²) in [6, 6.07) is 0. The van der Waals surface area contributed by atoms with Crippen LogP contribution in [0.3, 0.4) is 0 Å². The Bertz CT molecular complexity index is 305. The predicted molar refractivity (Wildman–Crippen MR) is 55.0 cm³/mol. The van der Waals surface area contributed by atoms with Crippen molar-refractivity contribution in [3.8, 4) is 5.75 Å². The Morgan fingerprint density at radius 1 is 1.46 bits per heavy atom. The molecule has 0 saturated heterocycles. The molecule has 0 aromatic carbocycles. The number of rotatable bonds is 3. The molecule has 0 unspecified atom stereocenters. The van der Waals surface area contributed by atoms with Crippen molar-refractivity contribution in [3.63, 3.8) is 0 Å². The Morgan fingerprint density at radius 3 is 2.62 bits per heavy atom. The average Bonchev–Trinajstić information content (AvgIpc) is 2.16. The summed E-state index contributed by atoms with van der Waals surface area (Å²) in [5.74, 6) is 1.31. The van der Waals surface area contributed by atoms with Crippen molar-refractivity contribution in [2.24, 2.45) is 0 Å². The lowest BCUT2D eigenvalue weighted by atomic mass is 10.0. The van der Waals surface area contributed by atoms with E-state index in [1.807, 2.05) is 6.20 Å². The predicted octanol–water partition coefficient (Wildman–Crippen LogP) is 2.86. The normalized spacial score (nSPS) is 10.2. The van der Waals surface area contributed by atoms with Crippen molar-refractivity contribution in [1.82, 2.24) is 4.98 Å². The smallest absolute Gasteiger partial charge is 0.132 e. The summed E-state index contributed by atoms with van der Waals surface area (Å²) < 4.78 is 5.32. The van der Waals surface area contributed by atoms with Gasteiger partial charge in [0.05, 0.1) is 7.11 Å². The van der Waals surface area contributed by atoms with Crippen LogP contribution < -0.4 is 4.74 Å². The molecule has 0 fully saturated rings. The number of hydrogen-bond donors (Lipinski definition) is 0. The van der Waals surface area contributed by atoms with E-state index in [9.17, 15) is 0 Å². The van der Waals surface area contributed by atoms with Gasteiger partial charge in [-0.1, -0.05) is 26.5 Å². The second-order valence-electron chi connectivity index (χ2n) is 3.21. The first-order chi connectivity index (χ1) is 6.20. The number of nitrogens with zero attached hydrogens (tertiary/aromatic N) is 1. The number of ether oxygens (including phenoxy) is 1. The fraction of sp³-hybridized carbons (Fsp3) is 0.364. The van der Waals surface area contributed by atoms with Crippen LogP contribution >= 0.6 is 0 Å². The molecule has 0 atom stereocenters. The van der Waals surface area contributed by atoms with Gasteiger partial charge in [0.2, 0.25) is 0 Å². The van der Waals surface area contributed by atoms with Crippen molar-refractivity contribution in [1.29, 1.82) is 0 Å². The molecule has 13 heavy (non-hydrogen) atoms. The van der Waals surface area contributed by atoms with Gasteiger partial charge in [-0.3, -0.25) is 4.98 Å². The molecule has 0 aliphatic heterocycles. The Morgan fingerprint density at radius 2 is 2.15 bits per heavy atom. The first-order valence-corrected chi connectivity index (χ1v) is 4.35. The number of pyridine rings is 1. The molecule has 0 radical (unpaired) electrons. The minimum atomic E-state index is 0.419. The highest BCUT2D eigenvalue weighted by molar-refractivity contribution is 5.57. The molecule has 0 aliphatic carbocycles. The molecule has 0 aliphatic rings. The molecule has 1 aromatic rings. The van der Waals surface area contributed by atoms with Crippen LogP contribution in [-0.2, 0) is 0 Å². The topological polar surface area (TPSA) is 22.1 Å². The zero-order chi connectivity index (χ0) is 9.84. The van der Waals surface area contributed by atoms with Gasteiger partial charge in [0.25, 0.3) is 0 Å². The maximum Gasteiger partial charge on any atom is 0.132 e. The van der Waals surface area contributed by atoms with Crippen molar-refractivity contribution in [2.75, 3.05) is 7.11 Å². The van der Waals surface area contributed by atoms with Crippen LogP contribution in [-0.4, -0.2) is 12.1 Å². The molecule has 1 rings (SSSR count). The van der Waals surface area contributed by atoms with E-state index in [1.165, 1.54) is 0 Å². The summed E-state index contributed by atoms with van der Waals surface area (Å²) in [7, 11) is 1.67. The van der Waals surface area contributed by atoms with E-state index in [1.54, 1.807) is 19.4 Å². The Kier molecular flexibility index (Phi) is 3.07. The zero-order valence-corrected chi connectivity index (χ0v) is 8.37.